The van der Waals surface area contributed by atoms with Crippen LogP contribution < -0.4 is 5.32 Å². The van der Waals surface area contributed by atoms with Crippen LogP contribution in [-0.2, 0) is 9.59 Å². The van der Waals surface area contributed by atoms with Crippen molar-refractivity contribution in [2.75, 3.05) is 5.32 Å². The number of nitrogens with one attached hydrogen (secondary N) is 1. The molecule has 5 nitrogen and oxygen atoms in total. The Morgan fingerprint density at radius 3 is 2.64 bits per heavy atom. The fourth-order valence-corrected chi connectivity index (χ4v) is 5.44. The highest BCUT2D eigenvalue weighted by Crippen LogP contribution is 2.48. The topological polar surface area (TPSA) is 79.3 Å². The minimum Gasteiger partial charge on any atom is -0.481 e. The molecule has 0 unspecified atom stereocenters. The first-order valence-electron chi connectivity index (χ1n) is 8.72. The summed E-state index contributed by atoms with van der Waals surface area (Å²) in [6.07, 6.45) is 7.17. The molecule has 5 rings (SSSR count). The van der Waals surface area contributed by atoms with Crippen LogP contribution in [0.25, 0.3) is 10.2 Å². The summed E-state index contributed by atoms with van der Waals surface area (Å²) in [7, 11) is 0. The second kappa shape index (κ2) is 5.39. The number of benzene rings is 1. The molecule has 2 N–H and O–H groups in total. The summed E-state index contributed by atoms with van der Waals surface area (Å²) in [5.41, 5.74) is 1.69. The van der Waals surface area contributed by atoms with Gasteiger partial charge in [-0.15, -0.1) is 11.3 Å². The molecule has 0 spiro atoms. The maximum atomic E-state index is 12.8. The van der Waals surface area contributed by atoms with Crippen LogP contribution >= 0.6 is 11.3 Å². The summed E-state index contributed by atoms with van der Waals surface area (Å²) in [6, 6.07) is 5.74. The van der Waals surface area contributed by atoms with Crippen LogP contribution in [0.2, 0.25) is 0 Å². The van der Waals surface area contributed by atoms with Crippen LogP contribution in [0, 0.1) is 23.7 Å². The molecule has 3 aliphatic carbocycles. The van der Waals surface area contributed by atoms with E-state index in [0.29, 0.717) is 5.92 Å². The van der Waals surface area contributed by atoms with Gasteiger partial charge in [0, 0.05) is 11.6 Å². The van der Waals surface area contributed by atoms with Crippen LogP contribution in [0.15, 0.2) is 30.4 Å². The molecular weight excluding hydrogens is 336 g/mol. The maximum Gasteiger partial charge on any atom is 0.307 e. The minimum atomic E-state index is -0.871. The van der Waals surface area contributed by atoms with Gasteiger partial charge in [0.25, 0.3) is 0 Å². The highest BCUT2D eigenvalue weighted by Gasteiger charge is 2.51. The number of allylic oxidation sites excluding steroid dienone is 2. The molecular formula is C19H18N2O3S. The maximum absolute atomic E-state index is 12.8. The lowest BCUT2D eigenvalue weighted by atomic mass is 9.82. The zero-order valence-corrected chi connectivity index (χ0v) is 14.3. The summed E-state index contributed by atoms with van der Waals surface area (Å²) < 4.78 is 1.07. The molecule has 2 aromatic rings. The monoisotopic (exact) mass is 354 g/mol. The van der Waals surface area contributed by atoms with E-state index in [1.54, 1.807) is 11.3 Å². The van der Waals surface area contributed by atoms with Crippen molar-refractivity contribution in [3.8, 4) is 0 Å². The highest BCUT2D eigenvalue weighted by atomic mass is 32.1. The predicted octanol–water partition coefficient (Wildman–Crippen LogP) is 3.64. The number of rotatable bonds is 4. The molecule has 1 amide bonds. The normalized spacial score (nSPS) is 30.1. The molecule has 2 fully saturated rings. The summed E-state index contributed by atoms with van der Waals surface area (Å²) in [6.45, 7) is 0. The van der Waals surface area contributed by atoms with E-state index in [2.05, 4.69) is 10.3 Å². The van der Waals surface area contributed by atoms with Crippen LogP contribution in [0.4, 0.5) is 5.69 Å². The van der Waals surface area contributed by atoms with Gasteiger partial charge in [-0.3, -0.25) is 9.59 Å². The number of fused-ring (bicyclic) bond motifs is 3. The predicted molar refractivity (Wildman–Crippen MR) is 95.6 cm³/mol. The lowest BCUT2D eigenvalue weighted by Gasteiger charge is -2.23. The van der Waals surface area contributed by atoms with Crippen LogP contribution in [0.1, 0.15) is 30.2 Å². The first-order valence-corrected chi connectivity index (χ1v) is 9.54. The molecule has 128 valence electrons. The third-order valence-electron chi connectivity index (χ3n) is 5.65. The smallest absolute Gasteiger partial charge is 0.307 e. The van der Waals surface area contributed by atoms with E-state index in [1.807, 2.05) is 30.4 Å². The van der Waals surface area contributed by atoms with Gasteiger partial charge in [0.2, 0.25) is 5.91 Å². The molecule has 1 aromatic heterocycles. The summed E-state index contributed by atoms with van der Waals surface area (Å²) in [4.78, 5) is 29.0. The standard InChI is InChI=1S/C19H18N2O3S/c22-17(15-10-3-4-11(7-10)16(15)19(23)24)20-12-5-6-13-14(8-12)25-18(21-13)9-1-2-9/h3-6,8-11,15-16H,1-2,7H2,(H,20,22)(H,23,24)/t10-,11-,15+,16-/m0/s1. The zero-order valence-electron chi connectivity index (χ0n) is 13.5. The SMILES string of the molecule is O=C(O)[C@@H]1[C@H](C(=O)Nc2ccc3nc(C4CC4)sc3c2)[C@H]2C=C[C@H]1C2. The minimum absolute atomic E-state index is 0.0108. The van der Waals surface area contributed by atoms with Crippen molar-refractivity contribution < 1.29 is 14.7 Å². The van der Waals surface area contributed by atoms with E-state index < -0.39 is 17.8 Å². The van der Waals surface area contributed by atoms with E-state index in [9.17, 15) is 14.7 Å². The summed E-state index contributed by atoms with van der Waals surface area (Å²) in [5.74, 6) is -1.49. The van der Waals surface area contributed by atoms with Gasteiger partial charge in [0.05, 0.1) is 27.1 Å². The van der Waals surface area contributed by atoms with Crippen molar-refractivity contribution in [3.63, 3.8) is 0 Å². The molecule has 1 heterocycles. The van der Waals surface area contributed by atoms with Gasteiger partial charge in [-0.05, 0) is 49.3 Å². The van der Waals surface area contributed by atoms with E-state index >= 15 is 0 Å². The number of aliphatic carboxylic acids is 1. The van der Waals surface area contributed by atoms with Crippen molar-refractivity contribution in [1.82, 2.24) is 4.98 Å². The Balaban J connectivity index is 1.39. The zero-order chi connectivity index (χ0) is 17.1. The lowest BCUT2D eigenvalue weighted by molar-refractivity contribution is -0.146. The molecule has 1 aromatic carbocycles. The summed E-state index contributed by atoms with van der Waals surface area (Å²) in [5, 5.41) is 13.6. The van der Waals surface area contributed by atoms with Gasteiger partial charge in [-0.1, -0.05) is 12.2 Å². The van der Waals surface area contributed by atoms with Gasteiger partial charge in [-0.25, -0.2) is 4.98 Å². The number of carbonyl (C=O) groups excluding carboxylic acids is 1. The number of anilines is 1. The number of aromatic nitrogens is 1. The van der Waals surface area contributed by atoms with Crippen molar-refractivity contribution in [2.45, 2.75) is 25.2 Å². The Labute approximate surface area is 148 Å². The second-order valence-corrected chi connectivity index (χ2v) is 8.40. The fraction of sp³-hybridized carbons (Fsp3) is 0.421. The number of thiazole rings is 1. The lowest BCUT2D eigenvalue weighted by Crippen LogP contribution is -2.36. The van der Waals surface area contributed by atoms with Crippen LogP contribution in [0.3, 0.4) is 0 Å². The van der Waals surface area contributed by atoms with Gasteiger partial charge in [0.1, 0.15) is 0 Å². The highest BCUT2D eigenvalue weighted by molar-refractivity contribution is 7.18. The molecule has 25 heavy (non-hydrogen) atoms. The van der Waals surface area contributed by atoms with Gasteiger partial charge in [-0.2, -0.15) is 0 Å². The Bertz CT molecular complexity index is 915. The Hall–Kier alpha value is -2.21. The number of hydrogen-bond donors (Lipinski definition) is 2. The first-order chi connectivity index (χ1) is 12.1. The number of carboxylic acid groups (broad SMARTS) is 1. The van der Waals surface area contributed by atoms with E-state index in [-0.39, 0.29) is 17.7 Å². The van der Waals surface area contributed by atoms with Crippen molar-refractivity contribution in [3.05, 3.63) is 35.4 Å². The van der Waals surface area contributed by atoms with Crippen molar-refractivity contribution in [1.29, 1.82) is 0 Å². The third kappa shape index (κ3) is 2.47. The number of nitrogens with zero attached hydrogens (tertiary/aromatic N) is 1. The van der Waals surface area contributed by atoms with Crippen molar-refractivity contribution >= 4 is 39.1 Å². The molecule has 4 atom stereocenters. The van der Waals surface area contributed by atoms with Gasteiger partial charge in [0.15, 0.2) is 0 Å². The Morgan fingerprint density at radius 1 is 1.16 bits per heavy atom. The quantitative estimate of drug-likeness (QED) is 0.822. The summed E-state index contributed by atoms with van der Waals surface area (Å²) >= 11 is 1.69. The molecule has 0 radical (unpaired) electrons. The Kier molecular flexibility index (Phi) is 3.25. The second-order valence-electron chi connectivity index (χ2n) is 7.34. The van der Waals surface area contributed by atoms with Gasteiger partial charge >= 0.3 is 5.97 Å². The van der Waals surface area contributed by atoms with Gasteiger partial charge < -0.3 is 10.4 Å². The van der Waals surface area contributed by atoms with E-state index in [0.717, 1.165) is 22.3 Å². The molecule has 3 aliphatic rings. The molecule has 0 saturated heterocycles. The van der Waals surface area contributed by atoms with Crippen LogP contribution in [-0.4, -0.2) is 22.0 Å². The van der Waals surface area contributed by atoms with Crippen molar-refractivity contribution in [2.24, 2.45) is 23.7 Å². The number of carbonyl (C=O) groups is 2. The molecule has 6 heteroatoms. The number of carboxylic acids is 1. The molecule has 0 aliphatic heterocycles. The van der Waals surface area contributed by atoms with E-state index in [4.69, 9.17) is 0 Å². The van der Waals surface area contributed by atoms with E-state index in [1.165, 1.54) is 17.8 Å². The number of amides is 1. The Morgan fingerprint density at radius 2 is 1.92 bits per heavy atom. The largest absolute Gasteiger partial charge is 0.481 e. The van der Waals surface area contributed by atoms with Crippen LogP contribution in [0.5, 0.6) is 0 Å². The number of hydrogen-bond acceptors (Lipinski definition) is 4. The fourth-order valence-electron chi connectivity index (χ4n) is 4.27. The molecule has 2 bridgehead atoms. The molecule has 2 saturated carbocycles. The first kappa shape index (κ1) is 15.1. The third-order valence-corrected chi connectivity index (χ3v) is 6.83. The average Bonchev–Trinajstić information content (AvgIpc) is 3.04. The average molecular weight is 354 g/mol.